The maximum Gasteiger partial charge on any atom is 0.267 e. The lowest BCUT2D eigenvalue weighted by Crippen LogP contribution is -2.33. The van der Waals surface area contributed by atoms with E-state index in [2.05, 4.69) is 20.6 Å². The van der Waals surface area contributed by atoms with Crippen molar-refractivity contribution in [2.75, 3.05) is 5.32 Å². The summed E-state index contributed by atoms with van der Waals surface area (Å²) in [6, 6.07) is 7.33. The van der Waals surface area contributed by atoms with Crippen molar-refractivity contribution in [3.05, 3.63) is 58.8 Å². The van der Waals surface area contributed by atoms with Crippen molar-refractivity contribution in [2.45, 2.75) is 19.9 Å². The summed E-state index contributed by atoms with van der Waals surface area (Å²) in [7, 11) is 0. The third-order valence-corrected chi connectivity index (χ3v) is 3.43. The Bertz CT molecular complexity index is 917. The first-order valence-corrected chi connectivity index (χ1v) is 7.29. The molecule has 0 aliphatic rings. The number of aryl methyl sites for hydroxylation is 1. The van der Waals surface area contributed by atoms with E-state index in [1.165, 1.54) is 6.07 Å². The zero-order valence-electron chi connectivity index (χ0n) is 13.1. The molecule has 0 saturated heterocycles. The molecule has 0 saturated carbocycles. The zero-order valence-corrected chi connectivity index (χ0v) is 13.1. The Labute approximate surface area is 137 Å². The van der Waals surface area contributed by atoms with Gasteiger partial charge in [-0.05, 0) is 32.0 Å². The van der Waals surface area contributed by atoms with Gasteiger partial charge in [0.1, 0.15) is 11.8 Å². The number of amides is 1. The molecule has 3 aromatic heterocycles. The van der Waals surface area contributed by atoms with Gasteiger partial charge in [-0.15, -0.1) is 0 Å². The van der Waals surface area contributed by atoms with Crippen molar-refractivity contribution in [3.8, 4) is 11.3 Å². The van der Waals surface area contributed by atoms with Crippen LogP contribution in [0.2, 0.25) is 0 Å². The molecule has 8 heteroatoms. The van der Waals surface area contributed by atoms with Gasteiger partial charge in [-0.3, -0.25) is 14.6 Å². The Balaban J connectivity index is 1.87. The minimum Gasteiger partial charge on any atom is -0.360 e. The number of carbonyl (C=O) groups is 1. The molecular weight excluding hydrogens is 310 g/mol. The smallest absolute Gasteiger partial charge is 0.267 e. The highest BCUT2D eigenvalue weighted by Crippen LogP contribution is 2.15. The van der Waals surface area contributed by atoms with E-state index in [0.717, 1.165) is 10.2 Å². The summed E-state index contributed by atoms with van der Waals surface area (Å²) in [6.45, 7) is 3.31. The molecule has 0 aromatic carbocycles. The highest BCUT2D eigenvalue weighted by atomic mass is 16.5. The number of rotatable bonds is 4. The molecular formula is C16H15N5O3. The molecule has 0 radical (unpaired) electrons. The topological polar surface area (TPSA) is 103 Å². The van der Waals surface area contributed by atoms with Crippen molar-refractivity contribution < 1.29 is 9.32 Å². The lowest BCUT2D eigenvalue weighted by Gasteiger charge is -2.13. The van der Waals surface area contributed by atoms with Crippen LogP contribution in [0, 0.1) is 6.92 Å². The Morgan fingerprint density at radius 2 is 2.00 bits per heavy atom. The molecule has 3 rings (SSSR count). The van der Waals surface area contributed by atoms with E-state index < -0.39 is 11.9 Å². The number of pyridine rings is 1. The van der Waals surface area contributed by atoms with Gasteiger partial charge in [0.2, 0.25) is 5.91 Å². The molecule has 0 aliphatic carbocycles. The van der Waals surface area contributed by atoms with Crippen LogP contribution in [0.15, 0.2) is 52.0 Å². The second-order valence-corrected chi connectivity index (χ2v) is 5.23. The van der Waals surface area contributed by atoms with Crippen LogP contribution in [0.5, 0.6) is 0 Å². The average molecular weight is 325 g/mol. The quantitative estimate of drug-likeness (QED) is 0.784. The van der Waals surface area contributed by atoms with Gasteiger partial charge in [-0.1, -0.05) is 5.16 Å². The fourth-order valence-electron chi connectivity index (χ4n) is 2.15. The molecule has 0 spiro atoms. The number of nitrogens with zero attached hydrogens (tertiary/aromatic N) is 4. The predicted octanol–water partition coefficient (Wildman–Crippen LogP) is 1.80. The van der Waals surface area contributed by atoms with Gasteiger partial charge in [0.25, 0.3) is 5.56 Å². The first-order chi connectivity index (χ1) is 11.5. The van der Waals surface area contributed by atoms with Crippen molar-refractivity contribution in [1.29, 1.82) is 0 Å². The van der Waals surface area contributed by atoms with E-state index in [4.69, 9.17) is 4.52 Å². The number of hydrogen-bond acceptors (Lipinski definition) is 6. The van der Waals surface area contributed by atoms with Crippen molar-refractivity contribution in [1.82, 2.24) is 19.9 Å². The van der Waals surface area contributed by atoms with Gasteiger partial charge >= 0.3 is 0 Å². The molecule has 122 valence electrons. The van der Waals surface area contributed by atoms with Crippen molar-refractivity contribution in [2.24, 2.45) is 0 Å². The Morgan fingerprint density at radius 1 is 1.25 bits per heavy atom. The molecule has 1 amide bonds. The molecule has 3 heterocycles. The van der Waals surface area contributed by atoms with Crippen LogP contribution in [0.25, 0.3) is 11.3 Å². The Hall–Kier alpha value is -3.29. The summed E-state index contributed by atoms with van der Waals surface area (Å²) < 4.78 is 6.03. The average Bonchev–Trinajstić information content (AvgIpc) is 3.00. The molecule has 0 aliphatic heterocycles. The maximum absolute atomic E-state index is 12.3. The molecule has 1 N–H and O–H groups in total. The largest absolute Gasteiger partial charge is 0.360 e. The standard InChI is InChI=1S/C16H15N5O3/c1-10-9-14(20-24-10)18-16(23)11(2)21-15(22)4-3-13(19-21)12-5-7-17-8-6-12/h3-9,11H,1-2H3,(H,18,20,23). The normalized spacial score (nSPS) is 11.9. The van der Waals surface area contributed by atoms with Gasteiger partial charge in [0.05, 0.1) is 5.69 Å². The second-order valence-electron chi connectivity index (χ2n) is 5.23. The molecule has 0 fully saturated rings. The fraction of sp³-hybridized carbons (Fsp3) is 0.188. The number of nitrogens with one attached hydrogen (secondary N) is 1. The van der Waals surface area contributed by atoms with Crippen LogP contribution >= 0.6 is 0 Å². The summed E-state index contributed by atoms with van der Waals surface area (Å²) >= 11 is 0. The molecule has 8 nitrogen and oxygen atoms in total. The number of anilines is 1. The summed E-state index contributed by atoms with van der Waals surface area (Å²) in [4.78, 5) is 28.3. The molecule has 1 atom stereocenters. The van der Waals surface area contributed by atoms with Gasteiger partial charge < -0.3 is 9.84 Å². The van der Waals surface area contributed by atoms with Crippen LogP contribution in [-0.4, -0.2) is 25.8 Å². The lowest BCUT2D eigenvalue weighted by atomic mass is 10.2. The highest BCUT2D eigenvalue weighted by Gasteiger charge is 2.19. The SMILES string of the molecule is Cc1cc(NC(=O)C(C)n2nc(-c3ccncc3)ccc2=O)no1. The minimum absolute atomic E-state index is 0.294. The second kappa shape index (κ2) is 6.45. The van der Waals surface area contributed by atoms with Crippen LogP contribution in [0.3, 0.4) is 0 Å². The first-order valence-electron chi connectivity index (χ1n) is 7.29. The Morgan fingerprint density at radius 3 is 2.67 bits per heavy atom. The third-order valence-electron chi connectivity index (χ3n) is 3.43. The molecule has 0 bridgehead atoms. The fourth-order valence-corrected chi connectivity index (χ4v) is 2.15. The number of hydrogen-bond donors (Lipinski definition) is 1. The summed E-state index contributed by atoms with van der Waals surface area (Å²) in [5, 5.41) is 10.6. The van der Waals surface area contributed by atoms with E-state index >= 15 is 0 Å². The van der Waals surface area contributed by atoms with E-state index in [9.17, 15) is 9.59 Å². The maximum atomic E-state index is 12.3. The molecule has 24 heavy (non-hydrogen) atoms. The van der Waals surface area contributed by atoms with Gasteiger partial charge in [-0.25, -0.2) is 4.68 Å². The van der Waals surface area contributed by atoms with E-state index in [-0.39, 0.29) is 5.56 Å². The van der Waals surface area contributed by atoms with Crippen molar-refractivity contribution in [3.63, 3.8) is 0 Å². The summed E-state index contributed by atoms with van der Waals surface area (Å²) in [5.74, 6) is 0.459. The van der Waals surface area contributed by atoms with Gasteiger partial charge in [0.15, 0.2) is 5.82 Å². The third kappa shape index (κ3) is 3.22. The van der Waals surface area contributed by atoms with Crippen LogP contribution in [-0.2, 0) is 4.79 Å². The Kier molecular flexibility index (Phi) is 4.19. The molecule has 1 unspecified atom stereocenters. The van der Waals surface area contributed by atoms with Crippen LogP contribution < -0.4 is 10.9 Å². The zero-order chi connectivity index (χ0) is 17.1. The minimum atomic E-state index is -0.809. The predicted molar refractivity (Wildman–Crippen MR) is 86.3 cm³/mol. The van der Waals surface area contributed by atoms with Crippen LogP contribution in [0.1, 0.15) is 18.7 Å². The number of aromatic nitrogens is 4. The molecule has 3 aromatic rings. The summed E-state index contributed by atoms with van der Waals surface area (Å²) in [5.41, 5.74) is 1.01. The summed E-state index contributed by atoms with van der Waals surface area (Å²) in [6.07, 6.45) is 3.27. The van der Waals surface area contributed by atoms with E-state index in [1.807, 2.05) is 0 Å². The van der Waals surface area contributed by atoms with E-state index in [0.29, 0.717) is 17.3 Å². The van der Waals surface area contributed by atoms with Crippen LogP contribution in [0.4, 0.5) is 5.82 Å². The van der Waals surface area contributed by atoms with Gasteiger partial charge in [-0.2, -0.15) is 5.10 Å². The van der Waals surface area contributed by atoms with Crippen molar-refractivity contribution >= 4 is 11.7 Å². The monoisotopic (exact) mass is 325 g/mol. The van der Waals surface area contributed by atoms with E-state index in [1.54, 1.807) is 50.5 Å². The highest BCUT2D eigenvalue weighted by molar-refractivity contribution is 5.92. The first kappa shape index (κ1) is 15.6. The lowest BCUT2D eigenvalue weighted by molar-refractivity contribution is -0.119. The number of carbonyl (C=O) groups excluding carboxylic acids is 1. The van der Waals surface area contributed by atoms with Gasteiger partial charge in [0, 0.05) is 30.1 Å².